The first-order valence-corrected chi connectivity index (χ1v) is 5.79. The number of carbonyl (C=O) groups excluding carboxylic acids is 2. The maximum atomic E-state index is 11.7. The predicted molar refractivity (Wildman–Crippen MR) is 60.0 cm³/mol. The largest absolute Gasteiger partial charge is 0.469 e. The molecule has 1 saturated heterocycles. The molecular weight excluding hydrogens is 208 g/mol. The highest BCUT2D eigenvalue weighted by Crippen LogP contribution is 2.17. The quantitative estimate of drug-likeness (QED) is 0.733. The Labute approximate surface area is 96.1 Å². The maximum Gasteiger partial charge on any atom is 0.317 e. The monoisotopic (exact) mass is 228 g/mol. The molecular formula is C11H20N2O3. The van der Waals surface area contributed by atoms with E-state index in [1.54, 1.807) is 4.90 Å². The zero-order chi connectivity index (χ0) is 12.0. The third-order valence-corrected chi connectivity index (χ3v) is 2.77. The van der Waals surface area contributed by atoms with Crippen molar-refractivity contribution in [3.05, 3.63) is 0 Å². The van der Waals surface area contributed by atoms with Crippen molar-refractivity contribution >= 4 is 12.0 Å². The van der Waals surface area contributed by atoms with Crippen LogP contribution < -0.4 is 5.32 Å². The Hall–Kier alpha value is -1.26. The van der Waals surface area contributed by atoms with E-state index >= 15 is 0 Å². The van der Waals surface area contributed by atoms with Crippen molar-refractivity contribution in [1.29, 1.82) is 0 Å². The van der Waals surface area contributed by atoms with E-state index in [1.807, 2.05) is 6.92 Å². The van der Waals surface area contributed by atoms with Crippen LogP contribution in [0.3, 0.4) is 0 Å². The summed E-state index contributed by atoms with van der Waals surface area (Å²) in [6.45, 7) is 3.89. The normalized spacial score (nSPS) is 20.4. The number of methoxy groups -OCH3 is 1. The Morgan fingerprint density at radius 3 is 2.88 bits per heavy atom. The second-order valence-corrected chi connectivity index (χ2v) is 4.04. The zero-order valence-corrected chi connectivity index (χ0v) is 9.99. The third-order valence-electron chi connectivity index (χ3n) is 2.77. The zero-order valence-electron chi connectivity index (χ0n) is 9.99. The average Bonchev–Trinajstić information content (AvgIpc) is 2.35. The van der Waals surface area contributed by atoms with E-state index in [1.165, 1.54) is 7.11 Å². The minimum atomic E-state index is -0.215. The van der Waals surface area contributed by atoms with Gasteiger partial charge in [0.25, 0.3) is 0 Å². The molecule has 2 amide bonds. The van der Waals surface area contributed by atoms with Crippen LogP contribution in [0.5, 0.6) is 0 Å². The molecule has 0 spiro atoms. The number of hydrogen-bond donors (Lipinski definition) is 1. The fraction of sp³-hybridized carbons (Fsp3) is 0.818. The Kier molecular flexibility index (Phi) is 5.08. The van der Waals surface area contributed by atoms with Gasteiger partial charge in [-0.25, -0.2) is 4.79 Å². The van der Waals surface area contributed by atoms with Crippen molar-refractivity contribution in [2.45, 2.75) is 26.2 Å². The molecule has 92 valence electrons. The summed E-state index contributed by atoms with van der Waals surface area (Å²) in [5.74, 6) is -0.376. The highest BCUT2D eigenvalue weighted by molar-refractivity contribution is 5.77. The number of carbonyl (C=O) groups is 2. The number of piperidine rings is 1. The molecule has 5 heteroatoms. The van der Waals surface area contributed by atoms with Crippen LogP contribution >= 0.6 is 0 Å². The van der Waals surface area contributed by atoms with E-state index in [0.717, 1.165) is 25.8 Å². The fourth-order valence-electron chi connectivity index (χ4n) is 1.86. The van der Waals surface area contributed by atoms with Crippen LogP contribution in [0, 0.1) is 5.92 Å². The van der Waals surface area contributed by atoms with Crippen LogP contribution in [0.25, 0.3) is 0 Å². The molecule has 1 fully saturated rings. The number of urea groups is 1. The predicted octanol–water partition coefficient (Wildman–Crippen LogP) is 0.991. The molecule has 1 atom stereocenters. The third kappa shape index (κ3) is 3.40. The molecule has 0 aromatic rings. The van der Waals surface area contributed by atoms with Crippen LogP contribution in [0.2, 0.25) is 0 Å². The molecule has 0 aliphatic carbocycles. The number of esters is 1. The standard InChI is InChI=1S/C11H20N2O3/c1-3-6-12-11(15)13-7-4-5-9(8-13)10(14)16-2/h9H,3-8H2,1-2H3,(H,12,15)/t9-/m0/s1. The Morgan fingerprint density at radius 1 is 1.50 bits per heavy atom. The van der Waals surface area contributed by atoms with Gasteiger partial charge in [-0.3, -0.25) is 4.79 Å². The summed E-state index contributed by atoms with van der Waals surface area (Å²) in [4.78, 5) is 24.7. The van der Waals surface area contributed by atoms with E-state index in [9.17, 15) is 9.59 Å². The molecule has 0 unspecified atom stereocenters. The first-order chi connectivity index (χ1) is 7.69. The smallest absolute Gasteiger partial charge is 0.317 e. The van der Waals surface area contributed by atoms with Crippen LogP contribution in [-0.2, 0) is 9.53 Å². The number of hydrogen-bond acceptors (Lipinski definition) is 3. The SMILES string of the molecule is CCCNC(=O)N1CCC[C@H](C(=O)OC)C1. The highest BCUT2D eigenvalue weighted by atomic mass is 16.5. The number of nitrogens with one attached hydrogen (secondary N) is 1. The van der Waals surface area contributed by atoms with E-state index in [-0.39, 0.29) is 17.9 Å². The fourth-order valence-corrected chi connectivity index (χ4v) is 1.86. The van der Waals surface area contributed by atoms with Crippen molar-refractivity contribution in [3.63, 3.8) is 0 Å². The van der Waals surface area contributed by atoms with Crippen LogP contribution in [0.15, 0.2) is 0 Å². The first kappa shape index (κ1) is 12.8. The van der Waals surface area contributed by atoms with Crippen molar-refractivity contribution in [2.24, 2.45) is 5.92 Å². The molecule has 0 radical (unpaired) electrons. The molecule has 0 aromatic carbocycles. The Morgan fingerprint density at radius 2 is 2.25 bits per heavy atom. The summed E-state index contributed by atoms with van der Waals surface area (Å²) in [6.07, 6.45) is 2.59. The Bertz CT molecular complexity index is 256. The number of ether oxygens (including phenoxy) is 1. The van der Waals surface area contributed by atoms with E-state index in [0.29, 0.717) is 13.1 Å². The van der Waals surface area contributed by atoms with Gasteiger partial charge in [-0.2, -0.15) is 0 Å². The first-order valence-electron chi connectivity index (χ1n) is 5.79. The lowest BCUT2D eigenvalue weighted by molar-refractivity contribution is -0.146. The number of amides is 2. The lowest BCUT2D eigenvalue weighted by Gasteiger charge is -2.31. The highest BCUT2D eigenvalue weighted by Gasteiger charge is 2.28. The molecule has 1 aliphatic rings. The number of rotatable bonds is 3. The lowest BCUT2D eigenvalue weighted by atomic mass is 9.98. The average molecular weight is 228 g/mol. The molecule has 1 heterocycles. The van der Waals surface area contributed by atoms with Crippen LogP contribution in [0.1, 0.15) is 26.2 Å². The molecule has 0 saturated carbocycles. The Balaban J connectivity index is 2.43. The van der Waals surface area contributed by atoms with Gasteiger partial charge in [0.2, 0.25) is 0 Å². The molecule has 1 N–H and O–H groups in total. The van der Waals surface area contributed by atoms with Crippen molar-refractivity contribution in [2.75, 3.05) is 26.7 Å². The van der Waals surface area contributed by atoms with Crippen LogP contribution in [-0.4, -0.2) is 43.6 Å². The van der Waals surface area contributed by atoms with E-state index in [2.05, 4.69) is 5.32 Å². The van der Waals surface area contributed by atoms with Crippen LogP contribution in [0.4, 0.5) is 4.79 Å². The molecule has 5 nitrogen and oxygen atoms in total. The van der Waals surface area contributed by atoms with Gasteiger partial charge in [0.05, 0.1) is 13.0 Å². The van der Waals surface area contributed by atoms with Gasteiger partial charge in [0, 0.05) is 19.6 Å². The summed E-state index contributed by atoms with van der Waals surface area (Å²) in [5.41, 5.74) is 0. The van der Waals surface area contributed by atoms with Crippen molar-refractivity contribution < 1.29 is 14.3 Å². The molecule has 1 rings (SSSR count). The number of likely N-dealkylation sites (tertiary alicyclic amines) is 1. The molecule has 0 aromatic heterocycles. The van der Waals surface area contributed by atoms with Gasteiger partial charge in [-0.1, -0.05) is 6.92 Å². The topological polar surface area (TPSA) is 58.6 Å². The summed E-state index contributed by atoms with van der Waals surface area (Å²) in [6, 6.07) is -0.0737. The van der Waals surface area contributed by atoms with Crippen molar-refractivity contribution in [3.8, 4) is 0 Å². The van der Waals surface area contributed by atoms with Gasteiger partial charge >= 0.3 is 12.0 Å². The summed E-state index contributed by atoms with van der Waals surface area (Å²) in [5, 5.41) is 2.81. The van der Waals surface area contributed by atoms with E-state index in [4.69, 9.17) is 4.74 Å². The van der Waals surface area contributed by atoms with Gasteiger partial charge in [0.1, 0.15) is 0 Å². The van der Waals surface area contributed by atoms with Gasteiger partial charge in [-0.15, -0.1) is 0 Å². The number of nitrogens with zero attached hydrogens (tertiary/aromatic N) is 1. The van der Waals surface area contributed by atoms with Gasteiger partial charge in [-0.05, 0) is 19.3 Å². The van der Waals surface area contributed by atoms with Gasteiger partial charge < -0.3 is 15.0 Å². The van der Waals surface area contributed by atoms with E-state index < -0.39 is 0 Å². The second kappa shape index (κ2) is 6.35. The summed E-state index contributed by atoms with van der Waals surface area (Å²) in [7, 11) is 1.39. The minimum absolute atomic E-state index is 0.0737. The lowest BCUT2D eigenvalue weighted by Crippen LogP contribution is -2.47. The minimum Gasteiger partial charge on any atom is -0.469 e. The molecule has 1 aliphatic heterocycles. The maximum absolute atomic E-state index is 11.7. The van der Waals surface area contributed by atoms with Crippen molar-refractivity contribution in [1.82, 2.24) is 10.2 Å². The molecule has 0 bridgehead atoms. The summed E-state index contributed by atoms with van der Waals surface area (Å²) < 4.78 is 4.70. The second-order valence-electron chi connectivity index (χ2n) is 4.04. The molecule has 16 heavy (non-hydrogen) atoms. The summed E-state index contributed by atoms with van der Waals surface area (Å²) >= 11 is 0. The van der Waals surface area contributed by atoms with Gasteiger partial charge in [0.15, 0.2) is 0 Å².